The Kier molecular flexibility index (Phi) is 5.83. The molecule has 8 nitrogen and oxygen atoms in total. The van der Waals surface area contributed by atoms with Gasteiger partial charge in [-0.1, -0.05) is 13.8 Å². The highest BCUT2D eigenvalue weighted by atomic mass is 16.2. The third-order valence-corrected chi connectivity index (χ3v) is 5.07. The zero-order valence-corrected chi connectivity index (χ0v) is 16.0. The standard InChI is InChI=1S/C19H26N6O2/c1-13(2)16(17-21-12-22-24(17)3)23-18(26)14-6-10-25(11-7-14)19(27)15-4-8-20-9-5-15/h4-5,8-9,12-14,16H,6-7,10-11H2,1-3H3,(H,23,26)/t16-/m0/s1. The summed E-state index contributed by atoms with van der Waals surface area (Å²) in [7, 11) is 1.83. The lowest BCUT2D eigenvalue weighted by Gasteiger charge is -2.32. The summed E-state index contributed by atoms with van der Waals surface area (Å²) in [6.45, 7) is 5.26. The van der Waals surface area contributed by atoms with Crippen LogP contribution in [0.25, 0.3) is 0 Å². The van der Waals surface area contributed by atoms with Gasteiger partial charge in [0.2, 0.25) is 5.91 Å². The van der Waals surface area contributed by atoms with E-state index >= 15 is 0 Å². The largest absolute Gasteiger partial charge is 0.346 e. The van der Waals surface area contributed by atoms with E-state index in [9.17, 15) is 9.59 Å². The first-order chi connectivity index (χ1) is 13.0. The van der Waals surface area contributed by atoms with E-state index < -0.39 is 0 Å². The van der Waals surface area contributed by atoms with Crippen molar-refractivity contribution in [2.45, 2.75) is 32.7 Å². The molecule has 3 heterocycles. The fraction of sp³-hybridized carbons (Fsp3) is 0.526. The number of amides is 2. The first-order valence-electron chi connectivity index (χ1n) is 9.31. The number of nitrogens with one attached hydrogen (secondary N) is 1. The maximum absolute atomic E-state index is 12.8. The molecule has 0 aliphatic carbocycles. The van der Waals surface area contributed by atoms with Gasteiger partial charge in [-0.3, -0.25) is 19.3 Å². The zero-order chi connectivity index (χ0) is 19.4. The van der Waals surface area contributed by atoms with Crippen molar-refractivity contribution in [1.29, 1.82) is 0 Å². The van der Waals surface area contributed by atoms with Crippen LogP contribution in [0.1, 0.15) is 48.9 Å². The number of hydrogen-bond acceptors (Lipinski definition) is 5. The van der Waals surface area contributed by atoms with Crippen molar-refractivity contribution < 1.29 is 9.59 Å². The molecule has 8 heteroatoms. The summed E-state index contributed by atoms with van der Waals surface area (Å²) in [6, 6.07) is 3.26. The van der Waals surface area contributed by atoms with Crippen LogP contribution in [0, 0.1) is 11.8 Å². The second-order valence-corrected chi connectivity index (χ2v) is 7.27. The number of hydrogen-bond donors (Lipinski definition) is 1. The van der Waals surface area contributed by atoms with Crippen LogP contribution in [0.5, 0.6) is 0 Å². The maximum atomic E-state index is 12.8. The van der Waals surface area contributed by atoms with Crippen molar-refractivity contribution >= 4 is 11.8 Å². The third kappa shape index (κ3) is 4.32. The Morgan fingerprint density at radius 3 is 2.41 bits per heavy atom. The molecular formula is C19H26N6O2. The minimum atomic E-state index is -0.179. The summed E-state index contributed by atoms with van der Waals surface area (Å²) >= 11 is 0. The van der Waals surface area contributed by atoms with Gasteiger partial charge in [-0.05, 0) is 30.9 Å². The summed E-state index contributed by atoms with van der Waals surface area (Å²) < 4.78 is 1.70. The molecule has 27 heavy (non-hydrogen) atoms. The minimum Gasteiger partial charge on any atom is -0.346 e. The quantitative estimate of drug-likeness (QED) is 0.862. The highest BCUT2D eigenvalue weighted by molar-refractivity contribution is 5.94. The van der Waals surface area contributed by atoms with Gasteiger partial charge in [-0.15, -0.1) is 0 Å². The lowest BCUT2D eigenvalue weighted by molar-refractivity contribution is -0.127. The highest BCUT2D eigenvalue weighted by Gasteiger charge is 2.30. The number of nitrogens with zero attached hydrogens (tertiary/aromatic N) is 5. The molecule has 1 fully saturated rings. The Balaban J connectivity index is 1.58. The van der Waals surface area contributed by atoms with Crippen LogP contribution in [0.15, 0.2) is 30.9 Å². The maximum Gasteiger partial charge on any atom is 0.253 e. The Bertz CT molecular complexity index is 781. The summed E-state index contributed by atoms with van der Waals surface area (Å²) in [5, 5.41) is 7.23. The normalized spacial score (nSPS) is 16.4. The van der Waals surface area contributed by atoms with Gasteiger partial charge in [0.25, 0.3) is 5.91 Å². The number of carbonyl (C=O) groups is 2. The van der Waals surface area contributed by atoms with E-state index in [4.69, 9.17) is 0 Å². The average molecular weight is 370 g/mol. The van der Waals surface area contributed by atoms with Crippen molar-refractivity contribution in [3.63, 3.8) is 0 Å². The second kappa shape index (κ2) is 8.28. The van der Waals surface area contributed by atoms with Crippen LogP contribution in [-0.4, -0.2) is 49.6 Å². The van der Waals surface area contributed by atoms with Crippen molar-refractivity contribution in [2.75, 3.05) is 13.1 Å². The molecule has 0 radical (unpaired) electrons. The molecule has 0 spiro atoms. The van der Waals surface area contributed by atoms with Crippen LogP contribution >= 0.6 is 0 Å². The molecule has 144 valence electrons. The van der Waals surface area contributed by atoms with E-state index in [1.807, 2.05) is 11.9 Å². The molecule has 2 aromatic heterocycles. The first-order valence-corrected chi connectivity index (χ1v) is 9.31. The summed E-state index contributed by atoms with van der Waals surface area (Å²) in [5.74, 6) is 0.873. The Morgan fingerprint density at radius 1 is 1.19 bits per heavy atom. The molecule has 0 bridgehead atoms. The average Bonchev–Trinajstić information content (AvgIpc) is 3.11. The second-order valence-electron chi connectivity index (χ2n) is 7.27. The van der Waals surface area contributed by atoms with Gasteiger partial charge in [-0.25, -0.2) is 4.98 Å². The van der Waals surface area contributed by atoms with Gasteiger partial charge in [0, 0.05) is 44.0 Å². The third-order valence-electron chi connectivity index (χ3n) is 5.07. The minimum absolute atomic E-state index is 0.00426. The number of aromatic nitrogens is 4. The first kappa shape index (κ1) is 19.0. The fourth-order valence-electron chi connectivity index (χ4n) is 3.41. The molecule has 1 N–H and O–H groups in total. The smallest absolute Gasteiger partial charge is 0.253 e. The van der Waals surface area contributed by atoms with E-state index in [-0.39, 0.29) is 29.7 Å². The number of likely N-dealkylation sites (tertiary alicyclic amines) is 1. The Hall–Kier alpha value is -2.77. The van der Waals surface area contributed by atoms with Crippen LogP contribution in [0.2, 0.25) is 0 Å². The lowest BCUT2D eigenvalue weighted by atomic mass is 9.94. The van der Waals surface area contributed by atoms with Crippen LogP contribution in [0.3, 0.4) is 0 Å². The molecular weight excluding hydrogens is 344 g/mol. The molecule has 1 aliphatic rings. The number of piperidine rings is 1. The van der Waals surface area contributed by atoms with Crippen molar-refractivity contribution in [3.05, 3.63) is 42.2 Å². The Labute approximate surface area is 159 Å². The number of carbonyl (C=O) groups excluding carboxylic acids is 2. The topological polar surface area (TPSA) is 93.0 Å². The SMILES string of the molecule is CC(C)[C@H](NC(=O)C1CCN(C(=O)c2ccncc2)CC1)c1ncnn1C. The summed E-state index contributed by atoms with van der Waals surface area (Å²) in [6.07, 6.45) is 6.05. The molecule has 3 rings (SSSR count). The van der Waals surface area contributed by atoms with Gasteiger partial charge < -0.3 is 10.2 Å². The summed E-state index contributed by atoms with van der Waals surface area (Å²) in [5.41, 5.74) is 0.634. The van der Waals surface area contributed by atoms with Crippen molar-refractivity contribution in [1.82, 2.24) is 30.0 Å². The predicted octanol–water partition coefficient (Wildman–Crippen LogP) is 1.58. The molecule has 0 unspecified atom stereocenters. The molecule has 0 saturated carbocycles. The van der Waals surface area contributed by atoms with E-state index in [1.54, 1.807) is 29.2 Å². The molecule has 2 amide bonds. The van der Waals surface area contributed by atoms with Crippen molar-refractivity contribution in [3.8, 4) is 0 Å². The van der Waals surface area contributed by atoms with Gasteiger partial charge in [0.1, 0.15) is 12.2 Å². The zero-order valence-electron chi connectivity index (χ0n) is 16.0. The highest BCUT2D eigenvalue weighted by Crippen LogP contribution is 2.23. The summed E-state index contributed by atoms with van der Waals surface area (Å²) in [4.78, 5) is 35.3. The Morgan fingerprint density at radius 2 is 1.85 bits per heavy atom. The van der Waals surface area contributed by atoms with Crippen LogP contribution < -0.4 is 5.32 Å². The molecule has 1 atom stereocenters. The molecule has 0 aromatic carbocycles. The number of pyridine rings is 1. The van der Waals surface area contributed by atoms with Crippen LogP contribution in [-0.2, 0) is 11.8 Å². The predicted molar refractivity (Wildman–Crippen MR) is 99.6 cm³/mol. The van der Waals surface area contributed by atoms with Gasteiger partial charge in [0.05, 0.1) is 6.04 Å². The van der Waals surface area contributed by atoms with E-state index in [2.05, 4.69) is 34.2 Å². The van der Waals surface area contributed by atoms with Gasteiger partial charge in [-0.2, -0.15) is 5.10 Å². The van der Waals surface area contributed by atoms with Crippen molar-refractivity contribution in [2.24, 2.45) is 18.9 Å². The molecule has 1 aliphatic heterocycles. The molecule has 1 saturated heterocycles. The van der Waals surface area contributed by atoms with E-state index in [1.165, 1.54) is 6.33 Å². The number of rotatable bonds is 5. The molecule has 2 aromatic rings. The van der Waals surface area contributed by atoms with Gasteiger partial charge >= 0.3 is 0 Å². The fourth-order valence-corrected chi connectivity index (χ4v) is 3.41. The number of aryl methyl sites for hydroxylation is 1. The lowest BCUT2D eigenvalue weighted by Crippen LogP contribution is -2.44. The van der Waals surface area contributed by atoms with Gasteiger partial charge in [0.15, 0.2) is 0 Å². The van der Waals surface area contributed by atoms with Crippen LogP contribution in [0.4, 0.5) is 0 Å². The van der Waals surface area contributed by atoms with E-state index in [0.717, 1.165) is 5.82 Å². The van der Waals surface area contributed by atoms with E-state index in [0.29, 0.717) is 31.5 Å². The monoisotopic (exact) mass is 370 g/mol.